The fraction of sp³-hybridized carbons (Fsp3) is 0.318. The van der Waals surface area contributed by atoms with E-state index in [1.54, 1.807) is 0 Å². The van der Waals surface area contributed by atoms with E-state index in [0.29, 0.717) is 6.42 Å². The van der Waals surface area contributed by atoms with Gasteiger partial charge in [0.05, 0.1) is 27.5 Å². The summed E-state index contributed by atoms with van der Waals surface area (Å²) in [6.45, 7) is 2.03. The molecule has 0 unspecified atom stereocenters. The summed E-state index contributed by atoms with van der Waals surface area (Å²) in [5.74, 6) is 0.428. The summed E-state index contributed by atoms with van der Waals surface area (Å²) in [7, 11) is -1.18. The molecule has 0 saturated heterocycles. The summed E-state index contributed by atoms with van der Waals surface area (Å²) in [5.41, 5.74) is 1.72. The topological polar surface area (TPSA) is 40.9 Å². The lowest BCUT2D eigenvalue weighted by Crippen LogP contribution is -2.42. The molecule has 0 spiro atoms. The van der Waals surface area contributed by atoms with E-state index in [0.717, 1.165) is 22.4 Å². The van der Waals surface area contributed by atoms with Crippen molar-refractivity contribution < 1.29 is 4.21 Å². The van der Waals surface area contributed by atoms with Gasteiger partial charge in [-0.3, -0.25) is 4.21 Å². The van der Waals surface area contributed by atoms with Crippen molar-refractivity contribution in [3.05, 3.63) is 77.9 Å². The second-order valence-corrected chi connectivity index (χ2v) is 8.81. The highest BCUT2D eigenvalue weighted by molar-refractivity contribution is 7.85. The second kappa shape index (κ2) is 6.28. The van der Waals surface area contributed by atoms with Gasteiger partial charge >= 0.3 is 0 Å². The molecule has 1 fully saturated rings. The average molecular weight is 347 g/mol. The predicted octanol–water partition coefficient (Wildman–Crippen LogP) is 4.43. The Morgan fingerprint density at radius 2 is 1.84 bits per heavy atom. The van der Waals surface area contributed by atoms with Crippen molar-refractivity contribution >= 4 is 10.8 Å². The molecule has 4 rings (SSSR count). The first kappa shape index (κ1) is 16.3. The van der Waals surface area contributed by atoms with Gasteiger partial charge in [0.15, 0.2) is 0 Å². The van der Waals surface area contributed by atoms with Crippen LogP contribution in [0, 0.1) is 35.5 Å². The summed E-state index contributed by atoms with van der Waals surface area (Å²) < 4.78 is 13.4. The summed E-state index contributed by atoms with van der Waals surface area (Å²) >= 11 is 0. The van der Waals surface area contributed by atoms with Crippen LogP contribution in [0.5, 0.6) is 0 Å². The third-order valence-corrected chi connectivity index (χ3v) is 7.67. The quantitative estimate of drug-likeness (QED) is 0.768. The van der Waals surface area contributed by atoms with Gasteiger partial charge in [0.1, 0.15) is 0 Å². The van der Waals surface area contributed by atoms with Crippen LogP contribution in [-0.4, -0.2) is 9.46 Å². The van der Waals surface area contributed by atoms with Crippen LogP contribution in [0.2, 0.25) is 0 Å². The molecular formula is C22H21NOS. The Kier molecular flexibility index (Phi) is 4.09. The SMILES string of the molecule is Cc1ccc([S@](=O)[C@H]2[C@@H]3C=C[C@@H](C3)[C@]2(C#N)Cc2ccccc2)cc1. The minimum absolute atomic E-state index is 0.143. The van der Waals surface area contributed by atoms with Crippen molar-refractivity contribution in [1.82, 2.24) is 0 Å². The number of rotatable bonds is 4. The molecular weight excluding hydrogens is 326 g/mol. The first-order valence-electron chi connectivity index (χ1n) is 8.75. The molecule has 0 N–H and O–H groups in total. The van der Waals surface area contributed by atoms with E-state index >= 15 is 0 Å². The molecule has 1 saturated carbocycles. The standard InChI is InChI=1S/C22H21NOS/c1-16-7-11-20(12-8-16)25(24)21-18-9-10-19(13-18)22(21,15-23)14-17-5-3-2-4-6-17/h2-12,18-19,21H,13-14H2,1H3/t18-,19+,21+,22-,25+/m1/s1. The summed E-state index contributed by atoms with van der Waals surface area (Å²) in [4.78, 5) is 0.837. The van der Waals surface area contributed by atoms with Gasteiger partial charge in [-0.2, -0.15) is 5.26 Å². The molecule has 3 heteroatoms. The number of allylic oxidation sites excluding steroid dienone is 2. The first-order valence-corrected chi connectivity index (χ1v) is 9.96. The molecule has 0 aliphatic heterocycles. The van der Waals surface area contributed by atoms with Gasteiger partial charge in [-0.15, -0.1) is 0 Å². The zero-order valence-corrected chi connectivity index (χ0v) is 15.1. The number of benzene rings is 2. The largest absolute Gasteiger partial charge is 0.254 e. The van der Waals surface area contributed by atoms with Crippen LogP contribution in [0.25, 0.3) is 0 Å². The number of aryl methyl sites for hydroxylation is 1. The van der Waals surface area contributed by atoms with Crippen LogP contribution in [0.1, 0.15) is 17.5 Å². The molecule has 0 heterocycles. The van der Waals surface area contributed by atoms with E-state index in [1.165, 1.54) is 0 Å². The molecule has 2 nitrogen and oxygen atoms in total. The maximum atomic E-state index is 13.4. The highest BCUT2D eigenvalue weighted by Gasteiger charge is 2.59. The summed E-state index contributed by atoms with van der Waals surface area (Å²) in [5, 5.41) is 10.0. The fourth-order valence-corrected chi connectivity index (χ4v) is 6.36. The highest BCUT2D eigenvalue weighted by Crippen LogP contribution is 2.56. The van der Waals surface area contributed by atoms with Crippen molar-refractivity contribution in [2.45, 2.75) is 29.9 Å². The molecule has 2 aliphatic carbocycles. The monoisotopic (exact) mass is 347 g/mol. The number of nitrogens with zero attached hydrogens (tertiary/aromatic N) is 1. The molecule has 2 aromatic rings. The van der Waals surface area contributed by atoms with E-state index in [4.69, 9.17) is 0 Å². The molecule has 126 valence electrons. The molecule has 2 aliphatic rings. The van der Waals surface area contributed by atoms with Gasteiger partial charge < -0.3 is 0 Å². The smallest absolute Gasteiger partial charge is 0.0829 e. The average Bonchev–Trinajstić information content (AvgIpc) is 3.23. The summed E-state index contributed by atoms with van der Waals surface area (Å²) in [6.07, 6.45) is 5.97. The Morgan fingerprint density at radius 1 is 1.12 bits per heavy atom. The van der Waals surface area contributed by atoms with Gasteiger partial charge in [-0.1, -0.05) is 60.2 Å². The number of hydrogen-bond acceptors (Lipinski definition) is 2. The normalized spacial score (nSPS) is 31.0. The van der Waals surface area contributed by atoms with Crippen LogP contribution in [-0.2, 0) is 17.2 Å². The van der Waals surface area contributed by atoms with Crippen molar-refractivity contribution in [3.8, 4) is 6.07 Å². The number of hydrogen-bond donors (Lipinski definition) is 0. The fourth-order valence-electron chi connectivity index (χ4n) is 4.45. The van der Waals surface area contributed by atoms with Gasteiger partial charge in [0.2, 0.25) is 0 Å². The molecule has 0 aromatic heterocycles. The summed E-state index contributed by atoms with van der Waals surface area (Å²) in [6, 6.07) is 20.7. The van der Waals surface area contributed by atoms with Gasteiger partial charge in [-0.25, -0.2) is 0 Å². The molecule has 2 bridgehead atoms. The van der Waals surface area contributed by atoms with E-state index in [-0.39, 0.29) is 17.1 Å². The second-order valence-electron chi connectivity index (χ2n) is 7.24. The first-order chi connectivity index (χ1) is 12.1. The molecule has 0 radical (unpaired) electrons. The van der Waals surface area contributed by atoms with Gasteiger partial charge in [0, 0.05) is 4.90 Å². The Labute approximate surface area is 151 Å². The van der Waals surface area contributed by atoms with Gasteiger partial charge in [-0.05, 0) is 49.3 Å². The Morgan fingerprint density at radius 3 is 2.52 bits per heavy atom. The molecule has 0 amide bonds. The minimum Gasteiger partial charge on any atom is -0.254 e. The van der Waals surface area contributed by atoms with Crippen molar-refractivity contribution in [2.24, 2.45) is 17.3 Å². The molecule has 2 aromatic carbocycles. The van der Waals surface area contributed by atoms with Crippen LogP contribution in [0.4, 0.5) is 0 Å². The van der Waals surface area contributed by atoms with E-state index in [9.17, 15) is 9.47 Å². The lowest BCUT2D eigenvalue weighted by molar-refractivity contribution is 0.330. The highest BCUT2D eigenvalue weighted by atomic mass is 32.2. The van der Waals surface area contributed by atoms with Crippen LogP contribution in [0.15, 0.2) is 71.6 Å². The molecule has 25 heavy (non-hydrogen) atoms. The van der Waals surface area contributed by atoms with E-state index in [2.05, 4.69) is 30.4 Å². The van der Waals surface area contributed by atoms with Crippen LogP contribution in [0.3, 0.4) is 0 Å². The number of nitriles is 1. The maximum absolute atomic E-state index is 13.4. The van der Waals surface area contributed by atoms with E-state index < -0.39 is 16.2 Å². The van der Waals surface area contributed by atoms with Crippen molar-refractivity contribution in [2.75, 3.05) is 0 Å². The zero-order valence-electron chi connectivity index (χ0n) is 14.3. The van der Waals surface area contributed by atoms with Gasteiger partial charge in [0.25, 0.3) is 0 Å². The lowest BCUT2D eigenvalue weighted by atomic mass is 9.72. The Hall–Kier alpha value is -2.18. The van der Waals surface area contributed by atoms with Crippen LogP contribution >= 0.6 is 0 Å². The molecule has 5 atom stereocenters. The third kappa shape index (κ3) is 2.65. The number of fused-ring (bicyclic) bond motifs is 2. The van der Waals surface area contributed by atoms with Crippen molar-refractivity contribution in [1.29, 1.82) is 5.26 Å². The minimum atomic E-state index is -1.18. The van der Waals surface area contributed by atoms with Crippen LogP contribution < -0.4 is 0 Å². The zero-order chi connectivity index (χ0) is 17.4. The van der Waals surface area contributed by atoms with E-state index in [1.807, 2.05) is 49.4 Å². The lowest BCUT2D eigenvalue weighted by Gasteiger charge is -2.35. The Balaban J connectivity index is 1.74. The third-order valence-electron chi connectivity index (χ3n) is 5.71. The maximum Gasteiger partial charge on any atom is 0.0829 e. The Bertz CT molecular complexity index is 865. The van der Waals surface area contributed by atoms with Crippen molar-refractivity contribution in [3.63, 3.8) is 0 Å². The predicted molar refractivity (Wildman–Crippen MR) is 100 cm³/mol.